The molecule has 0 aliphatic rings. The minimum atomic E-state index is -0.612. The molecule has 0 amide bonds. The van der Waals surface area contributed by atoms with Gasteiger partial charge in [-0.25, -0.2) is 8.78 Å². The van der Waals surface area contributed by atoms with Gasteiger partial charge in [0.25, 0.3) is 0 Å². The number of halogens is 2. The summed E-state index contributed by atoms with van der Waals surface area (Å²) < 4.78 is 27.3. The maximum atomic E-state index is 13.6. The number of benzene rings is 1. The van der Waals surface area contributed by atoms with Crippen molar-refractivity contribution in [3.05, 3.63) is 35.4 Å². The minimum Gasteiger partial charge on any atom is -0.329 e. The molecule has 0 heterocycles. The lowest BCUT2D eigenvalue weighted by molar-refractivity contribution is 0.437. The van der Waals surface area contributed by atoms with Crippen LogP contribution < -0.4 is 11.1 Å². The average Bonchev–Trinajstić information content (AvgIpc) is 2.36. The topological polar surface area (TPSA) is 38.0 Å². The summed E-state index contributed by atoms with van der Waals surface area (Å²) in [6, 6.07) is 2.91. The van der Waals surface area contributed by atoms with E-state index in [4.69, 9.17) is 12.2 Å². The highest BCUT2D eigenvalue weighted by Gasteiger charge is 2.20. The van der Waals surface area contributed by atoms with E-state index in [1.165, 1.54) is 18.2 Å². The molecule has 1 rings (SSSR count). The van der Waals surface area contributed by atoms with Gasteiger partial charge in [-0.2, -0.15) is 0 Å². The predicted octanol–water partition coefficient (Wildman–Crippen LogP) is 2.36. The summed E-state index contributed by atoms with van der Waals surface area (Å²) in [7, 11) is 0. The van der Waals surface area contributed by atoms with Gasteiger partial charge in [0.15, 0.2) is 0 Å². The summed E-state index contributed by atoms with van der Waals surface area (Å²) in [5.41, 5.74) is 5.53. The van der Waals surface area contributed by atoms with Crippen molar-refractivity contribution in [1.82, 2.24) is 5.32 Å². The van der Waals surface area contributed by atoms with Crippen LogP contribution in [0.3, 0.4) is 0 Å². The van der Waals surface area contributed by atoms with E-state index in [1.807, 2.05) is 6.92 Å². The van der Waals surface area contributed by atoms with Crippen LogP contribution in [0.5, 0.6) is 0 Å². The van der Waals surface area contributed by atoms with Crippen LogP contribution in [0.15, 0.2) is 18.2 Å². The van der Waals surface area contributed by atoms with Gasteiger partial charge in [-0.05, 0) is 18.6 Å². The Morgan fingerprint density at radius 1 is 1.39 bits per heavy atom. The number of hydrogen-bond donors (Lipinski definition) is 2. The quantitative estimate of drug-likeness (QED) is 0.763. The molecule has 0 aromatic heterocycles. The van der Waals surface area contributed by atoms with Gasteiger partial charge in [0.05, 0.1) is 12.1 Å². The molecule has 2 atom stereocenters. The second kappa shape index (κ2) is 7.10. The number of terminal acetylenes is 1. The molecule has 4 heteroatoms. The highest BCUT2D eigenvalue weighted by Crippen LogP contribution is 2.20. The fourth-order valence-electron chi connectivity index (χ4n) is 1.86. The standard InChI is InChI=1S/C14H18F2N2/c1-3-6-10(4-2)18-13(9-17)14-11(15)7-5-8-12(14)16/h2,5,7-8,10,13,18H,3,6,9,17H2,1H3. The molecule has 0 radical (unpaired) electrons. The van der Waals surface area contributed by atoms with Crippen LogP contribution in [0, 0.1) is 24.0 Å². The average molecular weight is 252 g/mol. The molecule has 1 aromatic carbocycles. The number of rotatable bonds is 6. The second-order valence-corrected chi connectivity index (χ2v) is 4.10. The summed E-state index contributed by atoms with van der Waals surface area (Å²) in [5.74, 6) is 1.35. The molecule has 0 aliphatic carbocycles. The minimum absolute atomic E-state index is 0.0450. The molecule has 2 unspecified atom stereocenters. The van der Waals surface area contributed by atoms with Crippen LogP contribution >= 0.6 is 0 Å². The van der Waals surface area contributed by atoms with E-state index in [1.54, 1.807) is 0 Å². The van der Waals surface area contributed by atoms with Crippen LogP contribution in [0.25, 0.3) is 0 Å². The molecule has 2 nitrogen and oxygen atoms in total. The van der Waals surface area contributed by atoms with E-state index in [0.29, 0.717) is 0 Å². The number of nitrogens with one attached hydrogen (secondary N) is 1. The zero-order chi connectivity index (χ0) is 13.5. The first-order valence-electron chi connectivity index (χ1n) is 6.00. The van der Waals surface area contributed by atoms with Crippen molar-refractivity contribution >= 4 is 0 Å². The Morgan fingerprint density at radius 3 is 2.44 bits per heavy atom. The monoisotopic (exact) mass is 252 g/mol. The van der Waals surface area contributed by atoms with Crippen molar-refractivity contribution in [2.75, 3.05) is 6.54 Å². The smallest absolute Gasteiger partial charge is 0.130 e. The first-order chi connectivity index (χ1) is 8.63. The zero-order valence-electron chi connectivity index (χ0n) is 10.4. The molecular formula is C14H18F2N2. The van der Waals surface area contributed by atoms with Crippen molar-refractivity contribution in [2.45, 2.75) is 31.8 Å². The third-order valence-electron chi connectivity index (χ3n) is 2.76. The summed E-state index contributed by atoms with van der Waals surface area (Å²) in [5, 5.41) is 3.01. The Hall–Kier alpha value is -1.44. The van der Waals surface area contributed by atoms with Crippen molar-refractivity contribution < 1.29 is 8.78 Å². The molecule has 0 spiro atoms. The van der Waals surface area contributed by atoms with Crippen LogP contribution in [0.1, 0.15) is 31.4 Å². The van der Waals surface area contributed by atoms with Crippen molar-refractivity contribution in [3.8, 4) is 12.3 Å². The zero-order valence-corrected chi connectivity index (χ0v) is 10.4. The number of hydrogen-bond acceptors (Lipinski definition) is 2. The van der Waals surface area contributed by atoms with E-state index in [2.05, 4.69) is 11.2 Å². The highest BCUT2D eigenvalue weighted by molar-refractivity contribution is 5.24. The van der Waals surface area contributed by atoms with Crippen LogP contribution in [-0.2, 0) is 0 Å². The third-order valence-corrected chi connectivity index (χ3v) is 2.76. The molecule has 0 bridgehead atoms. The van der Waals surface area contributed by atoms with E-state index in [-0.39, 0.29) is 18.2 Å². The fraction of sp³-hybridized carbons (Fsp3) is 0.429. The molecule has 3 N–H and O–H groups in total. The Bertz CT molecular complexity index is 406. The first-order valence-corrected chi connectivity index (χ1v) is 6.00. The van der Waals surface area contributed by atoms with Gasteiger partial charge in [0, 0.05) is 12.1 Å². The third kappa shape index (κ3) is 3.52. The summed E-state index contributed by atoms with van der Waals surface area (Å²) >= 11 is 0. The molecule has 1 aromatic rings. The van der Waals surface area contributed by atoms with Crippen LogP contribution in [0.4, 0.5) is 8.78 Å². The molecule has 0 fully saturated rings. The molecule has 18 heavy (non-hydrogen) atoms. The van der Waals surface area contributed by atoms with Gasteiger partial charge >= 0.3 is 0 Å². The molecule has 0 saturated heterocycles. The maximum Gasteiger partial charge on any atom is 0.130 e. The first kappa shape index (κ1) is 14.6. The largest absolute Gasteiger partial charge is 0.329 e. The molecular weight excluding hydrogens is 234 g/mol. The molecule has 0 aliphatic heterocycles. The van der Waals surface area contributed by atoms with E-state index in [9.17, 15) is 8.78 Å². The van der Waals surface area contributed by atoms with Gasteiger partial charge in [0.2, 0.25) is 0 Å². The van der Waals surface area contributed by atoms with Crippen LogP contribution in [0.2, 0.25) is 0 Å². The van der Waals surface area contributed by atoms with Gasteiger partial charge < -0.3 is 5.73 Å². The van der Waals surface area contributed by atoms with E-state index in [0.717, 1.165) is 12.8 Å². The normalized spacial score (nSPS) is 13.9. The van der Waals surface area contributed by atoms with Gasteiger partial charge in [-0.1, -0.05) is 25.3 Å². The van der Waals surface area contributed by atoms with Crippen molar-refractivity contribution in [1.29, 1.82) is 0 Å². The second-order valence-electron chi connectivity index (χ2n) is 4.10. The molecule has 0 saturated carbocycles. The Balaban J connectivity index is 2.93. The summed E-state index contributed by atoms with van der Waals surface area (Å²) in [4.78, 5) is 0. The lowest BCUT2D eigenvalue weighted by atomic mass is 10.0. The molecule has 98 valence electrons. The van der Waals surface area contributed by atoms with Gasteiger partial charge in [0.1, 0.15) is 11.6 Å². The maximum absolute atomic E-state index is 13.6. The van der Waals surface area contributed by atoms with Crippen molar-refractivity contribution in [2.24, 2.45) is 5.73 Å². The predicted molar refractivity (Wildman–Crippen MR) is 68.8 cm³/mol. The Morgan fingerprint density at radius 2 is 2.00 bits per heavy atom. The van der Waals surface area contributed by atoms with E-state index >= 15 is 0 Å². The Labute approximate surface area is 107 Å². The lowest BCUT2D eigenvalue weighted by Crippen LogP contribution is -2.36. The fourth-order valence-corrected chi connectivity index (χ4v) is 1.86. The van der Waals surface area contributed by atoms with Gasteiger partial charge in [-0.3, -0.25) is 5.32 Å². The summed E-state index contributed by atoms with van der Waals surface area (Å²) in [6.07, 6.45) is 7.00. The summed E-state index contributed by atoms with van der Waals surface area (Å²) in [6.45, 7) is 2.08. The van der Waals surface area contributed by atoms with Gasteiger partial charge in [-0.15, -0.1) is 6.42 Å². The highest BCUT2D eigenvalue weighted by atomic mass is 19.1. The van der Waals surface area contributed by atoms with Crippen molar-refractivity contribution in [3.63, 3.8) is 0 Å². The number of nitrogens with two attached hydrogens (primary N) is 1. The van der Waals surface area contributed by atoms with E-state index < -0.39 is 17.7 Å². The lowest BCUT2D eigenvalue weighted by Gasteiger charge is -2.22. The SMILES string of the molecule is C#CC(CCC)NC(CN)c1c(F)cccc1F. The van der Waals surface area contributed by atoms with Crippen LogP contribution in [-0.4, -0.2) is 12.6 Å². The Kier molecular flexibility index (Phi) is 5.76.